The second-order valence-electron chi connectivity index (χ2n) is 3.20. The lowest BCUT2D eigenvalue weighted by Crippen LogP contribution is -2.14. The molecule has 90 valence electrons. The van der Waals surface area contributed by atoms with Crippen LogP contribution < -0.4 is 4.74 Å². The molecule has 0 aliphatic rings. The van der Waals surface area contributed by atoms with Gasteiger partial charge in [0.05, 0.1) is 19.6 Å². The monoisotopic (exact) mass is 238 g/mol. The highest BCUT2D eigenvalue weighted by Crippen LogP contribution is 2.32. The normalized spacial score (nSPS) is 13.6. The molecule has 1 N–H and O–H groups in total. The summed E-state index contributed by atoms with van der Waals surface area (Å²) in [5, 5.41) is 9.24. The lowest BCUT2D eigenvalue weighted by molar-refractivity contribution is -0.154. The zero-order valence-corrected chi connectivity index (χ0v) is 8.38. The molecule has 0 fully saturated rings. The van der Waals surface area contributed by atoms with Gasteiger partial charge in [0, 0.05) is 5.56 Å². The second-order valence-corrected chi connectivity index (χ2v) is 3.20. The van der Waals surface area contributed by atoms with E-state index in [0.29, 0.717) is 0 Å². The van der Waals surface area contributed by atoms with Crippen LogP contribution in [-0.4, -0.2) is 18.4 Å². The molecule has 0 saturated carbocycles. The van der Waals surface area contributed by atoms with Gasteiger partial charge in [-0.1, -0.05) is 12.1 Å². The molecule has 6 heteroatoms. The molecule has 1 aromatic carbocycles. The molecule has 0 amide bonds. The summed E-state index contributed by atoms with van der Waals surface area (Å²) in [5.41, 5.74) is -0.420. The van der Waals surface area contributed by atoms with Crippen molar-refractivity contribution in [2.24, 2.45) is 0 Å². The number of halogens is 4. The molecule has 2 nitrogen and oxygen atoms in total. The highest BCUT2D eigenvalue weighted by Gasteiger charge is 2.33. The van der Waals surface area contributed by atoms with E-state index in [1.165, 1.54) is 19.2 Å². The predicted molar refractivity (Wildman–Crippen MR) is 48.6 cm³/mol. The average Bonchev–Trinajstić information content (AvgIpc) is 2.15. The molecule has 0 aliphatic heterocycles. The van der Waals surface area contributed by atoms with Crippen LogP contribution in [0.3, 0.4) is 0 Å². The fraction of sp³-hybridized carbons (Fsp3) is 0.400. The number of ether oxygens (including phenoxy) is 1. The fourth-order valence-electron chi connectivity index (χ4n) is 1.27. The molecule has 16 heavy (non-hydrogen) atoms. The van der Waals surface area contributed by atoms with Crippen molar-refractivity contribution in [2.45, 2.75) is 18.7 Å². The predicted octanol–water partition coefficient (Wildman–Crippen LogP) is 2.82. The molecule has 1 rings (SSSR count). The van der Waals surface area contributed by atoms with Crippen molar-refractivity contribution in [3.05, 3.63) is 29.6 Å². The van der Waals surface area contributed by atoms with E-state index in [4.69, 9.17) is 0 Å². The number of rotatable bonds is 3. The van der Waals surface area contributed by atoms with Crippen molar-refractivity contribution >= 4 is 0 Å². The van der Waals surface area contributed by atoms with Gasteiger partial charge in [0.15, 0.2) is 11.6 Å². The lowest BCUT2D eigenvalue weighted by Gasteiger charge is -2.15. The Morgan fingerprint density at radius 3 is 2.50 bits per heavy atom. The van der Waals surface area contributed by atoms with Crippen LogP contribution in [0.5, 0.6) is 5.75 Å². The van der Waals surface area contributed by atoms with E-state index < -0.39 is 30.1 Å². The first kappa shape index (κ1) is 12.8. The summed E-state index contributed by atoms with van der Waals surface area (Å²) in [6.45, 7) is 0. The van der Waals surface area contributed by atoms with Gasteiger partial charge < -0.3 is 9.84 Å². The minimum Gasteiger partial charge on any atom is -0.494 e. The van der Waals surface area contributed by atoms with Gasteiger partial charge in [-0.3, -0.25) is 0 Å². The Bertz CT molecular complexity index is 362. The van der Waals surface area contributed by atoms with E-state index in [1.54, 1.807) is 0 Å². The number of aliphatic hydroxyl groups excluding tert-OH is 1. The first-order valence-corrected chi connectivity index (χ1v) is 4.42. The SMILES string of the molecule is COc1cccc(C(O)CC(F)(F)F)c1F. The Labute approximate surface area is 89.5 Å². The van der Waals surface area contributed by atoms with E-state index in [2.05, 4.69) is 4.74 Å². The summed E-state index contributed by atoms with van der Waals surface area (Å²) in [4.78, 5) is 0. The zero-order chi connectivity index (χ0) is 12.3. The zero-order valence-electron chi connectivity index (χ0n) is 8.38. The average molecular weight is 238 g/mol. The van der Waals surface area contributed by atoms with Gasteiger partial charge in [0.1, 0.15) is 0 Å². The van der Waals surface area contributed by atoms with Crippen LogP contribution in [0, 0.1) is 5.82 Å². The summed E-state index contributed by atoms with van der Waals surface area (Å²) >= 11 is 0. The van der Waals surface area contributed by atoms with Crippen molar-refractivity contribution in [3.8, 4) is 5.75 Å². The molecule has 0 heterocycles. The maximum atomic E-state index is 13.4. The van der Waals surface area contributed by atoms with Gasteiger partial charge in [-0.25, -0.2) is 4.39 Å². The van der Waals surface area contributed by atoms with E-state index in [0.717, 1.165) is 6.07 Å². The van der Waals surface area contributed by atoms with Crippen LogP contribution in [0.25, 0.3) is 0 Å². The van der Waals surface area contributed by atoms with Crippen LogP contribution in [0.15, 0.2) is 18.2 Å². The van der Waals surface area contributed by atoms with Crippen LogP contribution in [0.2, 0.25) is 0 Å². The van der Waals surface area contributed by atoms with Crippen molar-refractivity contribution in [2.75, 3.05) is 7.11 Å². The Balaban J connectivity index is 2.95. The molecule has 0 bridgehead atoms. The van der Waals surface area contributed by atoms with Gasteiger partial charge in [0.2, 0.25) is 0 Å². The summed E-state index contributed by atoms with van der Waals surface area (Å²) in [6.07, 6.45) is -7.96. The van der Waals surface area contributed by atoms with Crippen molar-refractivity contribution in [1.29, 1.82) is 0 Å². The minimum atomic E-state index is -4.55. The van der Waals surface area contributed by atoms with Gasteiger partial charge >= 0.3 is 6.18 Å². The number of hydrogen-bond acceptors (Lipinski definition) is 2. The molecule has 0 radical (unpaired) electrons. The third kappa shape index (κ3) is 3.10. The first-order valence-electron chi connectivity index (χ1n) is 4.42. The van der Waals surface area contributed by atoms with Gasteiger partial charge in [-0.05, 0) is 6.07 Å². The van der Waals surface area contributed by atoms with Crippen LogP contribution in [-0.2, 0) is 0 Å². The summed E-state index contributed by atoms with van der Waals surface area (Å²) < 4.78 is 54.0. The summed E-state index contributed by atoms with van der Waals surface area (Å²) in [7, 11) is 1.19. The molecule has 0 spiro atoms. The molecular weight excluding hydrogens is 228 g/mol. The van der Waals surface area contributed by atoms with Crippen LogP contribution >= 0.6 is 0 Å². The Hall–Kier alpha value is -1.30. The molecule has 0 aromatic heterocycles. The highest BCUT2D eigenvalue weighted by atomic mass is 19.4. The third-order valence-electron chi connectivity index (χ3n) is 2.00. The molecule has 1 unspecified atom stereocenters. The number of aliphatic hydroxyl groups is 1. The Morgan fingerprint density at radius 2 is 2.00 bits per heavy atom. The maximum absolute atomic E-state index is 13.4. The van der Waals surface area contributed by atoms with Gasteiger partial charge in [-0.2, -0.15) is 13.2 Å². The van der Waals surface area contributed by atoms with Crippen molar-refractivity contribution in [1.82, 2.24) is 0 Å². The van der Waals surface area contributed by atoms with Gasteiger partial charge in [0.25, 0.3) is 0 Å². The summed E-state index contributed by atoms with van der Waals surface area (Å²) in [6, 6.07) is 3.67. The lowest BCUT2D eigenvalue weighted by atomic mass is 10.1. The summed E-state index contributed by atoms with van der Waals surface area (Å²) in [5.74, 6) is -1.17. The second kappa shape index (κ2) is 4.69. The Kier molecular flexibility index (Phi) is 3.74. The quantitative estimate of drug-likeness (QED) is 0.820. The van der Waals surface area contributed by atoms with Crippen LogP contribution in [0.1, 0.15) is 18.1 Å². The fourth-order valence-corrected chi connectivity index (χ4v) is 1.27. The highest BCUT2D eigenvalue weighted by molar-refractivity contribution is 5.32. The number of methoxy groups -OCH3 is 1. The minimum absolute atomic E-state index is 0.196. The standard InChI is InChI=1S/C10H10F4O2/c1-16-8-4-2-3-6(9(8)11)7(15)5-10(12,13)14/h2-4,7,15H,5H2,1H3. The maximum Gasteiger partial charge on any atom is 0.391 e. The van der Waals surface area contributed by atoms with Crippen molar-refractivity contribution < 1.29 is 27.4 Å². The largest absolute Gasteiger partial charge is 0.494 e. The van der Waals surface area contributed by atoms with E-state index >= 15 is 0 Å². The molecule has 1 aromatic rings. The third-order valence-corrected chi connectivity index (χ3v) is 2.00. The topological polar surface area (TPSA) is 29.5 Å². The van der Waals surface area contributed by atoms with E-state index in [-0.39, 0.29) is 5.75 Å². The number of hydrogen-bond donors (Lipinski definition) is 1. The molecule has 0 aliphatic carbocycles. The molecule has 1 atom stereocenters. The van der Waals surface area contributed by atoms with E-state index in [9.17, 15) is 22.7 Å². The Morgan fingerprint density at radius 1 is 1.38 bits per heavy atom. The van der Waals surface area contributed by atoms with Gasteiger partial charge in [-0.15, -0.1) is 0 Å². The number of alkyl halides is 3. The first-order chi connectivity index (χ1) is 7.35. The van der Waals surface area contributed by atoms with E-state index in [1.807, 2.05) is 0 Å². The smallest absolute Gasteiger partial charge is 0.391 e. The van der Waals surface area contributed by atoms with Crippen molar-refractivity contribution in [3.63, 3.8) is 0 Å². The molecular formula is C10H10F4O2. The number of benzene rings is 1. The van der Waals surface area contributed by atoms with Crippen LogP contribution in [0.4, 0.5) is 17.6 Å². The molecule has 0 saturated heterocycles.